The molecule has 0 N–H and O–H groups in total. The van der Waals surface area contributed by atoms with E-state index in [9.17, 15) is 5.26 Å². The van der Waals surface area contributed by atoms with Gasteiger partial charge in [0.2, 0.25) is 0 Å². The Kier molecular flexibility index (Phi) is 3.34. The van der Waals surface area contributed by atoms with Crippen LogP contribution in [0.3, 0.4) is 0 Å². The first-order valence-electron chi connectivity index (χ1n) is 6.45. The highest BCUT2D eigenvalue weighted by molar-refractivity contribution is 5.29. The molecular weight excluding hydrogens is 248 g/mol. The van der Waals surface area contributed by atoms with Gasteiger partial charge in [-0.3, -0.25) is 0 Å². The molecule has 3 rings (SSSR count). The summed E-state index contributed by atoms with van der Waals surface area (Å²) < 4.78 is 4.05. The Morgan fingerprint density at radius 2 is 1.90 bits per heavy atom. The Balaban J connectivity index is 1.92. The van der Waals surface area contributed by atoms with Crippen LogP contribution >= 0.6 is 0 Å². The minimum atomic E-state index is 0.684. The van der Waals surface area contributed by atoms with Crippen molar-refractivity contribution in [3.8, 4) is 6.07 Å². The summed E-state index contributed by atoms with van der Waals surface area (Å²) in [6.07, 6.45) is 5.47. The third kappa shape index (κ3) is 2.47. The molecule has 1 aromatic carbocycles. The summed E-state index contributed by atoms with van der Waals surface area (Å²) in [7, 11) is 0. The molecule has 3 aromatic rings. The third-order valence-electron chi connectivity index (χ3n) is 3.27. The standard InChI is InChI=1S/C16H14N4/c17-10-15-6-7-16(12-19-9-8-18-13-19)20(15)11-14-4-2-1-3-5-14/h1-9,13H,11-12H2. The Labute approximate surface area is 117 Å². The first-order valence-corrected chi connectivity index (χ1v) is 6.45. The Morgan fingerprint density at radius 3 is 2.60 bits per heavy atom. The highest BCUT2D eigenvalue weighted by Crippen LogP contribution is 2.13. The van der Waals surface area contributed by atoms with Crippen molar-refractivity contribution in [2.75, 3.05) is 0 Å². The zero-order valence-corrected chi connectivity index (χ0v) is 11.0. The van der Waals surface area contributed by atoms with E-state index >= 15 is 0 Å². The molecule has 0 amide bonds. The minimum absolute atomic E-state index is 0.684. The zero-order valence-electron chi connectivity index (χ0n) is 11.0. The maximum absolute atomic E-state index is 9.25. The second-order valence-electron chi connectivity index (χ2n) is 4.63. The fraction of sp³-hybridized carbons (Fsp3) is 0.125. The van der Waals surface area contributed by atoms with Gasteiger partial charge in [-0.2, -0.15) is 5.26 Å². The van der Waals surface area contributed by atoms with E-state index < -0.39 is 0 Å². The molecule has 98 valence electrons. The van der Waals surface area contributed by atoms with Crippen LogP contribution in [0.5, 0.6) is 0 Å². The summed E-state index contributed by atoms with van der Waals surface area (Å²) in [6.45, 7) is 1.43. The molecule has 0 fully saturated rings. The average Bonchev–Trinajstić information content (AvgIpc) is 3.11. The number of benzene rings is 1. The quantitative estimate of drug-likeness (QED) is 0.725. The minimum Gasteiger partial charge on any atom is -0.332 e. The number of hydrogen-bond acceptors (Lipinski definition) is 2. The van der Waals surface area contributed by atoms with Gasteiger partial charge in [-0.25, -0.2) is 4.98 Å². The lowest BCUT2D eigenvalue weighted by atomic mass is 10.2. The second-order valence-corrected chi connectivity index (χ2v) is 4.63. The van der Waals surface area contributed by atoms with Crippen molar-refractivity contribution < 1.29 is 0 Å². The molecule has 0 atom stereocenters. The third-order valence-corrected chi connectivity index (χ3v) is 3.27. The number of rotatable bonds is 4. The van der Waals surface area contributed by atoms with Crippen LogP contribution in [0.25, 0.3) is 0 Å². The van der Waals surface area contributed by atoms with Gasteiger partial charge in [0.05, 0.1) is 12.9 Å². The Hall–Kier alpha value is -2.80. The van der Waals surface area contributed by atoms with Gasteiger partial charge in [0.15, 0.2) is 0 Å². The lowest BCUT2D eigenvalue weighted by molar-refractivity contribution is 0.681. The van der Waals surface area contributed by atoms with Crippen LogP contribution in [0.15, 0.2) is 61.2 Å². The SMILES string of the molecule is N#Cc1ccc(Cn2ccnc2)n1Cc1ccccc1. The van der Waals surface area contributed by atoms with Gasteiger partial charge < -0.3 is 9.13 Å². The van der Waals surface area contributed by atoms with Gasteiger partial charge in [0.25, 0.3) is 0 Å². The predicted octanol–water partition coefficient (Wildman–Crippen LogP) is 2.65. The van der Waals surface area contributed by atoms with Crippen LogP contribution in [-0.2, 0) is 13.1 Å². The molecule has 0 bridgehead atoms. The lowest BCUT2D eigenvalue weighted by Crippen LogP contribution is -2.09. The van der Waals surface area contributed by atoms with Gasteiger partial charge >= 0.3 is 0 Å². The Bertz CT molecular complexity index is 718. The van der Waals surface area contributed by atoms with E-state index in [2.05, 4.69) is 27.8 Å². The van der Waals surface area contributed by atoms with Gasteiger partial charge in [0.1, 0.15) is 11.8 Å². The topological polar surface area (TPSA) is 46.5 Å². The smallest absolute Gasteiger partial charge is 0.120 e. The largest absolute Gasteiger partial charge is 0.332 e. The molecule has 2 aromatic heterocycles. The first-order chi connectivity index (χ1) is 9.86. The maximum atomic E-state index is 9.25. The summed E-state index contributed by atoms with van der Waals surface area (Å²) in [6, 6.07) is 16.3. The first kappa shape index (κ1) is 12.2. The van der Waals surface area contributed by atoms with E-state index in [1.807, 2.05) is 41.1 Å². The number of imidazole rings is 1. The monoisotopic (exact) mass is 262 g/mol. The van der Waals surface area contributed by atoms with Crippen LogP contribution < -0.4 is 0 Å². The lowest BCUT2D eigenvalue weighted by Gasteiger charge is -2.11. The van der Waals surface area contributed by atoms with E-state index in [1.165, 1.54) is 5.56 Å². The van der Waals surface area contributed by atoms with Crippen molar-refractivity contribution in [1.29, 1.82) is 5.26 Å². The molecule has 4 nitrogen and oxygen atoms in total. The zero-order chi connectivity index (χ0) is 13.8. The molecule has 0 aliphatic heterocycles. The fourth-order valence-electron chi connectivity index (χ4n) is 2.27. The van der Waals surface area contributed by atoms with Gasteiger partial charge in [-0.1, -0.05) is 30.3 Å². The highest BCUT2D eigenvalue weighted by Gasteiger charge is 2.08. The van der Waals surface area contributed by atoms with Gasteiger partial charge in [0, 0.05) is 24.6 Å². The number of nitrogens with zero attached hydrogens (tertiary/aromatic N) is 4. The molecule has 20 heavy (non-hydrogen) atoms. The fourth-order valence-corrected chi connectivity index (χ4v) is 2.27. The number of nitriles is 1. The van der Waals surface area contributed by atoms with Crippen LogP contribution in [-0.4, -0.2) is 14.1 Å². The molecule has 0 aliphatic rings. The molecule has 0 saturated heterocycles. The summed E-state index contributed by atoms with van der Waals surface area (Å²) in [5.74, 6) is 0. The predicted molar refractivity (Wildman–Crippen MR) is 76.0 cm³/mol. The van der Waals surface area contributed by atoms with E-state index in [4.69, 9.17) is 0 Å². The average molecular weight is 262 g/mol. The second kappa shape index (κ2) is 5.45. The summed E-state index contributed by atoms with van der Waals surface area (Å²) >= 11 is 0. The molecule has 2 heterocycles. The summed E-state index contributed by atoms with van der Waals surface area (Å²) in [5, 5.41) is 9.25. The van der Waals surface area contributed by atoms with Gasteiger partial charge in [-0.05, 0) is 17.7 Å². The molecule has 0 unspecified atom stereocenters. The van der Waals surface area contributed by atoms with Crippen molar-refractivity contribution in [2.45, 2.75) is 13.1 Å². The summed E-state index contributed by atoms with van der Waals surface area (Å²) in [4.78, 5) is 4.05. The van der Waals surface area contributed by atoms with Crippen LogP contribution in [0, 0.1) is 11.3 Å². The van der Waals surface area contributed by atoms with Crippen molar-refractivity contribution in [2.24, 2.45) is 0 Å². The molecule has 0 radical (unpaired) electrons. The number of hydrogen-bond donors (Lipinski definition) is 0. The normalized spacial score (nSPS) is 10.3. The molecule has 0 spiro atoms. The molecule has 4 heteroatoms. The van der Waals surface area contributed by atoms with Gasteiger partial charge in [-0.15, -0.1) is 0 Å². The van der Waals surface area contributed by atoms with Crippen LogP contribution in [0.4, 0.5) is 0 Å². The van der Waals surface area contributed by atoms with E-state index in [0.29, 0.717) is 18.8 Å². The highest BCUT2D eigenvalue weighted by atomic mass is 15.1. The van der Waals surface area contributed by atoms with E-state index in [-0.39, 0.29) is 0 Å². The molecule has 0 aliphatic carbocycles. The number of aromatic nitrogens is 3. The van der Waals surface area contributed by atoms with Crippen molar-refractivity contribution in [3.63, 3.8) is 0 Å². The summed E-state index contributed by atoms with van der Waals surface area (Å²) in [5.41, 5.74) is 2.97. The maximum Gasteiger partial charge on any atom is 0.120 e. The van der Waals surface area contributed by atoms with E-state index in [0.717, 1.165) is 5.69 Å². The van der Waals surface area contributed by atoms with Crippen molar-refractivity contribution in [1.82, 2.24) is 14.1 Å². The molecule has 0 saturated carbocycles. The van der Waals surface area contributed by atoms with Crippen molar-refractivity contribution >= 4 is 0 Å². The molecular formula is C16H14N4. The Morgan fingerprint density at radius 1 is 1.05 bits per heavy atom. The van der Waals surface area contributed by atoms with E-state index in [1.54, 1.807) is 12.5 Å². The van der Waals surface area contributed by atoms with Crippen LogP contribution in [0.2, 0.25) is 0 Å². The van der Waals surface area contributed by atoms with Crippen molar-refractivity contribution in [3.05, 3.63) is 78.1 Å². The van der Waals surface area contributed by atoms with Crippen LogP contribution in [0.1, 0.15) is 17.0 Å².